The summed E-state index contributed by atoms with van der Waals surface area (Å²) in [6.07, 6.45) is 3.33. The molecular formula is C14H17N3OS. The lowest BCUT2D eigenvalue weighted by Gasteiger charge is -2.11. The van der Waals surface area contributed by atoms with Gasteiger partial charge in [-0.2, -0.15) is 0 Å². The third-order valence-electron chi connectivity index (χ3n) is 2.65. The Labute approximate surface area is 117 Å². The van der Waals surface area contributed by atoms with Gasteiger partial charge in [-0.15, -0.1) is 0 Å². The maximum absolute atomic E-state index is 11.6. The Bertz CT molecular complexity index is 506. The highest BCUT2D eigenvalue weighted by Gasteiger charge is 2.08. The molecular weight excluding hydrogens is 258 g/mol. The first-order valence-corrected chi connectivity index (χ1v) is 7.07. The molecule has 1 aromatic carbocycles. The zero-order valence-corrected chi connectivity index (χ0v) is 11.9. The lowest BCUT2D eigenvalue weighted by Crippen LogP contribution is -2.25. The van der Waals surface area contributed by atoms with Crippen LogP contribution in [0.15, 0.2) is 35.3 Å². The van der Waals surface area contributed by atoms with Crippen LogP contribution in [-0.2, 0) is 4.79 Å². The second-order valence-electron chi connectivity index (χ2n) is 4.34. The summed E-state index contributed by atoms with van der Waals surface area (Å²) in [6, 6.07) is 8.02. The number of thioether (sulfide) groups is 1. The molecule has 0 unspecified atom stereocenters. The fraction of sp³-hybridized carbons (Fsp3) is 0.286. The molecule has 5 heteroatoms. The highest BCUT2D eigenvalue weighted by Crippen LogP contribution is 2.13. The highest BCUT2D eigenvalue weighted by atomic mass is 32.2. The van der Waals surface area contributed by atoms with Gasteiger partial charge in [0.15, 0.2) is 5.17 Å². The van der Waals surface area contributed by atoms with E-state index < -0.39 is 0 Å². The van der Waals surface area contributed by atoms with Crippen molar-refractivity contribution in [2.75, 3.05) is 31.3 Å². The first kappa shape index (κ1) is 13.7. The Morgan fingerprint density at radius 1 is 1.37 bits per heavy atom. The fourth-order valence-corrected chi connectivity index (χ4v) is 2.34. The number of carbonyl (C=O) groups excluding carboxylic acids is 1. The first-order valence-electron chi connectivity index (χ1n) is 6.09. The minimum absolute atomic E-state index is 0.134. The smallest absolute Gasteiger partial charge is 0.249 e. The standard InChI is InChI=1S/C14H17N3OS/c1-17(2)12-6-3-11(4-7-12)5-8-13(18)16-14-15-9-10-19-14/h3-8H,9-10H2,1-2H3,(H,15,16,18). The molecule has 1 N–H and O–H groups in total. The second-order valence-corrected chi connectivity index (χ2v) is 5.43. The van der Waals surface area contributed by atoms with Gasteiger partial charge in [-0.3, -0.25) is 9.79 Å². The monoisotopic (exact) mass is 275 g/mol. The number of rotatable bonds is 3. The number of hydrogen-bond donors (Lipinski definition) is 1. The largest absolute Gasteiger partial charge is 0.378 e. The molecule has 1 aliphatic heterocycles. The molecule has 100 valence electrons. The highest BCUT2D eigenvalue weighted by molar-refractivity contribution is 8.14. The number of aliphatic imine (C=N–C) groups is 1. The van der Waals surface area contributed by atoms with Crippen LogP contribution >= 0.6 is 11.8 Å². The fourth-order valence-electron chi connectivity index (χ4n) is 1.61. The summed E-state index contributed by atoms with van der Waals surface area (Å²) >= 11 is 1.58. The van der Waals surface area contributed by atoms with E-state index in [0.717, 1.165) is 28.7 Å². The van der Waals surface area contributed by atoms with Gasteiger partial charge < -0.3 is 10.2 Å². The zero-order chi connectivity index (χ0) is 13.7. The van der Waals surface area contributed by atoms with E-state index in [0.29, 0.717) is 0 Å². The topological polar surface area (TPSA) is 44.7 Å². The minimum Gasteiger partial charge on any atom is -0.378 e. The number of nitrogens with zero attached hydrogens (tertiary/aromatic N) is 2. The molecule has 0 aliphatic carbocycles. The SMILES string of the molecule is CN(C)c1ccc(C=CC(=O)NC2=NCCS2)cc1. The minimum atomic E-state index is -0.134. The van der Waals surface area contributed by atoms with Crippen LogP contribution in [0.25, 0.3) is 6.08 Å². The molecule has 0 atom stereocenters. The number of hydrogen-bond acceptors (Lipinski definition) is 4. The molecule has 0 spiro atoms. The van der Waals surface area contributed by atoms with Gasteiger partial charge in [0.1, 0.15) is 0 Å². The lowest BCUT2D eigenvalue weighted by atomic mass is 10.2. The van der Waals surface area contributed by atoms with Gasteiger partial charge in [-0.05, 0) is 23.8 Å². The van der Waals surface area contributed by atoms with Crippen molar-refractivity contribution in [3.8, 4) is 0 Å². The van der Waals surface area contributed by atoms with E-state index in [1.165, 1.54) is 6.08 Å². The predicted molar refractivity (Wildman–Crippen MR) is 82.7 cm³/mol. The van der Waals surface area contributed by atoms with Crippen LogP contribution in [0.1, 0.15) is 5.56 Å². The number of carbonyl (C=O) groups is 1. The van der Waals surface area contributed by atoms with Crippen molar-refractivity contribution in [3.63, 3.8) is 0 Å². The van der Waals surface area contributed by atoms with E-state index in [4.69, 9.17) is 0 Å². The summed E-state index contributed by atoms with van der Waals surface area (Å²) in [5.41, 5.74) is 2.14. The Morgan fingerprint density at radius 2 is 2.11 bits per heavy atom. The number of amides is 1. The summed E-state index contributed by atoms with van der Waals surface area (Å²) < 4.78 is 0. The van der Waals surface area contributed by atoms with E-state index in [2.05, 4.69) is 10.3 Å². The van der Waals surface area contributed by atoms with Crippen LogP contribution in [0, 0.1) is 0 Å². The number of amidine groups is 1. The van der Waals surface area contributed by atoms with E-state index in [1.54, 1.807) is 17.8 Å². The third-order valence-corrected chi connectivity index (χ3v) is 3.54. The molecule has 0 saturated carbocycles. The molecule has 1 aromatic rings. The average molecular weight is 275 g/mol. The van der Waals surface area contributed by atoms with Gasteiger partial charge in [0.2, 0.25) is 5.91 Å². The molecule has 1 amide bonds. The summed E-state index contributed by atoms with van der Waals surface area (Å²) in [7, 11) is 4.00. The molecule has 2 rings (SSSR count). The van der Waals surface area contributed by atoms with Crippen LogP contribution in [-0.4, -0.2) is 37.5 Å². The Balaban J connectivity index is 1.92. The summed E-state index contributed by atoms with van der Waals surface area (Å²) in [5, 5.41) is 3.48. The molecule has 1 heterocycles. The van der Waals surface area contributed by atoms with Crippen molar-refractivity contribution < 1.29 is 4.79 Å². The summed E-state index contributed by atoms with van der Waals surface area (Å²) in [4.78, 5) is 17.9. The normalized spacial score (nSPS) is 14.5. The molecule has 0 radical (unpaired) electrons. The van der Waals surface area contributed by atoms with Crippen molar-refractivity contribution in [2.24, 2.45) is 4.99 Å². The molecule has 0 bridgehead atoms. The van der Waals surface area contributed by atoms with E-state index in [-0.39, 0.29) is 5.91 Å². The van der Waals surface area contributed by atoms with Gasteiger partial charge in [-0.25, -0.2) is 0 Å². The number of anilines is 1. The van der Waals surface area contributed by atoms with Crippen molar-refractivity contribution >= 4 is 34.6 Å². The quantitative estimate of drug-likeness (QED) is 0.858. The molecule has 0 aromatic heterocycles. The van der Waals surface area contributed by atoms with E-state index in [9.17, 15) is 4.79 Å². The molecule has 19 heavy (non-hydrogen) atoms. The van der Waals surface area contributed by atoms with Crippen LogP contribution in [0.4, 0.5) is 5.69 Å². The van der Waals surface area contributed by atoms with Gasteiger partial charge in [0, 0.05) is 31.6 Å². The number of benzene rings is 1. The summed E-state index contributed by atoms with van der Waals surface area (Å²) in [6.45, 7) is 0.788. The van der Waals surface area contributed by atoms with Crippen LogP contribution in [0.5, 0.6) is 0 Å². The molecule has 0 saturated heterocycles. The van der Waals surface area contributed by atoms with Gasteiger partial charge >= 0.3 is 0 Å². The summed E-state index contributed by atoms with van der Waals surface area (Å²) in [5.74, 6) is 0.815. The lowest BCUT2D eigenvalue weighted by molar-refractivity contribution is -0.115. The average Bonchev–Trinajstić information content (AvgIpc) is 2.89. The van der Waals surface area contributed by atoms with E-state index >= 15 is 0 Å². The Hall–Kier alpha value is -1.75. The van der Waals surface area contributed by atoms with Crippen molar-refractivity contribution in [1.29, 1.82) is 0 Å². The van der Waals surface area contributed by atoms with Gasteiger partial charge in [0.25, 0.3) is 0 Å². The molecule has 4 nitrogen and oxygen atoms in total. The maximum atomic E-state index is 11.6. The van der Waals surface area contributed by atoms with Crippen LogP contribution < -0.4 is 10.2 Å². The predicted octanol–water partition coefficient (Wildman–Crippen LogP) is 1.98. The van der Waals surface area contributed by atoms with Gasteiger partial charge in [0.05, 0.1) is 6.54 Å². The van der Waals surface area contributed by atoms with E-state index in [1.807, 2.05) is 43.3 Å². The molecule has 0 fully saturated rings. The van der Waals surface area contributed by atoms with Crippen LogP contribution in [0.3, 0.4) is 0 Å². The van der Waals surface area contributed by atoms with Crippen molar-refractivity contribution in [1.82, 2.24) is 5.32 Å². The zero-order valence-electron chi connectivity index (χ0n) is 11.1. The Kier molecular flexibility index (Phi) is 4.63. The Morgan fingerprint density at radius 3 is 2.68 bits per heavy atom. The number of nitrogens with one attached hydrogen (secondary N) is 1. The third kappa shape index (κ3) is 4.13. The van der Waals surface area contributed by atoms with Crippen molar-refractivity contribution in [3.05, 3.63) is 35.9 Å². The van der Waals surface area contributed by atoms with Crippen molar-refractivity contribution in [2.45, 2.75) is 0 Å². The second kappa shape index (κ2) is 6.43. The van der Waals surface area contributed by atoms with Crippen LogP contribution in [0.2, 0.25) is 0 Å². The van der Waals surface area contributed by atoms with Gasteiger partial charge in [-0.1, -0.05) is 23.9 Å². The molecule has 1 aliphatic rings. The first-order chi connectivity index (χ1) is 9.15. The maximum Gasteiger partial charge on any atom is 0.249 e.